The molecule has 6 nitrogen and oxygen atoms in total. The number of carbonyl (C=O) groups is 2. The Kier molecular flexibility index (Phi) is 9.63. The van der Waals surface area contributed by atoms with Crippen molar-refractivity contribution in [2.24, 2.45) is 0 Å². The van der Waals surface area contributed by atoms with Gasteiger partial charge in [0.1, 0.15) is 6.04 Å². The molecule has 1 aliphatic rings. The molecule has 2 aromatic rings. The second-order valence-corrected chi connectivity index (χ2v) is 9.30. The fourth-order valence-electron chi connectivity index (χ4n) is 4.41. The van der Waals surface area contributed by atoms with Gasteiger partial charge in [-0.15, -0.1) is 0 Å². The van der Waals surface area contributed by atoms with Crippen LogP contribution >= 0.6 is 11.6 Å². The third-order valence-electron chi connectivity index (χ3n) is 6.44. The quantitative estimate of drug-likeness (QED) is 0.504. The van der Waals surface area contributed by atoms with E-state index in [-0.39, 0.29) is 24.3 Å². The van der Waals surface area contributed by atoms with Crippen LogP contribution in [0.5, 0.6) is 11.5 Å². The molecule has 2 amide bonds. The van der Waals surface area contributed by atoms with Crippen molar-refractivity contribution in [2.45, 2.75) is 70.5 Å². The van der Waals surface area contributed by atoms with Crippen LogP contribution in [0.3, 0.4) is 0 Å². The van der Waals surface area contributed by atoms with E-state index in [0.29, 0.717) is 29.5 Å². The molecule has 0 saturated heterocycles. The van der Waals surface area contributed by atoms with E-state index in [1.54, 1.807) is 32.1 Å². The molecule has 184 valence electrons. The summed E-state index contributed by atoms with van der Waals surface area (Å²) in [6.45, 7) is 2.13. The van der Waals surface area contributed by atoms with Gasteiger partial charge in [0.2, 0.25) is 11.8 Å². The first kappa shape index (κ1) is 25.9. The lowest BCUT2D eigenvalue weighted by atomic mass is 9.95. The number of nitrogens with one attached hydrogen (secondary N) is 1. The van der Waals surface area contributed by atoms with E-state index in [1.807, 2.05) is 36.4 Å². The highest BCUT2D eigenvalue weighted by atomic mass is 35.5. The summed E-state index contributed by atoms with van der Waals surface area (Å²) in [7, 11) is 3.18. The van der Waals surface area contributed by atoms with E-state index in [4.69, 9.17) is 21.1 Å². The van der Waals surface area contributed by atoms with Crippen molar-refractivity contribution in [3.8, 4) is 11.5 Å². The molecular formula is C27H35ClN2O4. The van der Waals surface area contributed by atoms with Crippen LogP contribution in [-0.2, 0) is 22.6 Å². The summed E-state index contributed by atoms with van der Waals surface area (Å²) in [5.74, 6) is 1.09. The van der Waals surface area contributed by atoms with Gasteiger partial charge in [0, 0.05) is 24.0 Å². The maximum atomic E-state index is 13.4. The maximum Gasteiger partial charge on any atom is 0.242 e. The number of halogens is 1. The Morgan fingerprint density at radius 1 is 1.03 bits per heavy atom. The molecule has 1 fully saturated rings. The molecule has 1 saturated carbocycles. The van der Waals surface area contributed by atoms with Gasteiger partial charge in [-0.05, 0) is 61.6 Å². The predicted molar refractivity (Wildman–Crippen MR) is 134 cm³/mol. The summed E-state index contributed by atoms with van der Waals surface area (Å²) in [5.41, 5.74) is 1.86. The standard InChI is InChI=1S/C27H35ClN2O4/c1-19(27(32)29-23-10-5-4-6-11-23)30(18-21-8-7-9-22(28)16-21)26(31)15-13-20-12-14-24(33-2)25(17-20)34-3/h7-9,12,14,16-17,19,23H,4-6,10-11,13,15,18H2,1-3H3,(H,29,32)/t19-/m1/s1. The lowest BCUT2D eigenvalue weighted by Gasteiger charge is -2.31. The third kappa shape index (κ3) is 7.13. The second-order valence-electron chi connectivity index (χ2n) is 8.86. The van der Waals surface area contributed by atoms with Gasteiger partial charge in [-0.25, -0.2) is 0 Å². The summed E-state index contributed by atoms with van der Waals surface area (Å²) >= 11 is 6.17. The first-order chi connectivity index (χ1) is 16.4. The average molecular weight is 487 g/mol. The Morgan fingerprint density at radius 2 is 1.76 bits per heavy atom. The molecule has 2 aromatic carbocycles. The molecule has 0 heterocycles. The highest BCUT2D eigenvalue weighted by Gasteiger charge is 2.28. The van der Waals surface area contributed by atoms with E-state index in [2.05, 4.69) is 5.32 Å². The molecule has 3 rings (SSSR count). The highest BCUT2D eigenvalue weighted by molar-refractivity contribution is 6.30. The van der Waals surface area contributed by atoms with Crippen LogP contribution < -0.4 is 14.8 Å². The molecule has 34 heavy (non-hydrogen) atoms. The van der Waals surface area contributed by atoms with E-state index >= 15 is 0 Å². The zero-order valence-corrected chi connectivity index (χ0v) is 21.1. The molecule has 1 aliphatic carbocycles. The average Bonchev–Trinajstić information content (AvgIpc) is 2.85. The van der Waals surface area contributed by atoms with Crippen LogP contribution in [0.25, 0.3) is 0 Å². The summed E-state index contributed by atoms with van der Waals surface area (Å²) in [4.78, 5) is 28.1. The number of methoxy groups -OCH3 is 2. The van der Waals surface area contributed by atoms with Gasteiger partial charge >= 0.3 is 0 Å². The van der Waals surface area contributed by atoms with Crippen molar-refractivity contribution in [1.29, 1.82) is 0 Å². The molecule has 1 atom stereocenters. The van der Waals surface area contributed by atoms with E-state index in [9.17, 15) is 9.59 Å². The van der Waals surface area contributed by atoms with Crippen LogP contribution in [0, 0.1) is 0 Å². The molecular weight excluding hydrogens is 452 g/mol. The fraction of sp³-hybridized carbons (Fsp3) is 0.481. The summed E-state index contributed by atoms with van der Waals surface area (Å²) in [5, 5.41) is 3.77. The van der Waals surface area contributed by atoms with Crippen molar-refractivity contribution in [3.05, 3.63) is 58.6 Å². The first-order valence-corrected chi connectivity index (χ1v) is 12.3. The van der Waals surface area contributed by atoms with Gasteiger partial charge in [0.15, 0.2) is 11.5 Å². The Labute approximate surface area is 207 Å². The van der Waals surface area contributed by atoms with Crippen LogP contribution in [-0.4, -0.2) is 43.0 Å². The van der Waals surface area contributed by atoms with Crippen LogP contribution in [0.2, 0.25) is 5.02 Å². The number of hydrogen-bond acceptors (Lipinski definition) is 4. The summed E-state index contributed by atoms with van der Waals surface area (Å²) in [6.07, 6.45) is 6.29. The number of carbonyl (C=O) groups excluding carboxylic acids is 2. The summed E-state index contributed by atoms with van der Waals surface area (Å²) in [6, 6.07) is 12.7. The lowest BCUT2D eigenvalue weighted by Crippen LogP contribution is -2.50. The van der Waals surface area contributed by atoms with E-state index in [0.717, 1.165) is 36.8 Å². The minimum atomic E-state index is -0.584. The Bertz CT molecular complexity index is 975. The second kappa shape index (κ2) is 12.7. The Hall–Kier alpha value is -2.73. The Morgan fingerprint density at radius 3 is 2.44 bits per heavy atom. The van der Waals surface area contributed by atoms with Gasteiger partial charge in [0.25, 0.3) is 0 Å². The van der Waals surface area contributed by atoms with Crippen molar-refractivity contribution in [1.82, 2.24) is 10.2 Å². The van der Waals surface area contributed by atoms with Crippen molar-refractivity contribution in [2.75, 3.05) is 14.2 Å². The molecule has 0 spiro atoms. The number of benzene rings is 2. The highest BCUT2D eigenvalue weighted by Crippen LogP contribution is 2.28. The molecule has 1 N–H and O–H groups in total. The van der Waals surface area contributed by atoms with E-state index < -0.39 is 6.04 Å². The lowest BCUT2D eigenvalue weighted by molar-refractivity contribution is -0.141. The van der Waals surface area contributed by atoms with Crippen LogP contribution in [0.1, 0.15) is 56.6 Å². The molecule has 0 aromatic heterocycles. The number of hydrogen-bond donors (Lipinski definition) is 1. The molecule has 7 heteroatoms. The van der Waals surface area contributed by atoms with Crippen molar-refractivity contribution >= 4 is 23.4 Å². The number of nitrogens with zero attached hydrogens (tertiary/aromatic N) is 1. The first-order valence-electron chi connectivity index (χ1n) is 12.0. The molecule has 0 bridgehead atoms. The molecule has 0 radical (unpaired) electrons. The van der Waals surface area contributed by atoms with Crippen LogP contribution in [0.15, 0.2) is 42.5 Å². The molecule has 0 aliphatic heterocycles. The predicted octanol–water partition coefficient (Wildman–Crippen LogP) is 5.16. The van der Waals surface area contributed by atoms with Gasteiger partial charge in [-0.1, -0.05) is 49.1 Å². The largest absolute Gasteiger partial charge is 0.493 e. The van der Waals surface area contributed by atoms with Crippen molar-refractivity contribution in [3.63, 3.8) is 0 Å². The number of ether oxygens (including phenoxy) is 2. The number of rotatable bonds is 10. The number of amides is 2. The van der Waals surface area contributed by atoms with Gasteiger partial charge in [-0.2, -0.15) is 0 Å². The summed E-state index contributed by atoms with van der Waals surface area (Å²) < 4.78 is 10.7. The minimum Gasteiger partial charge on any atom is -0.493 e. The normalized spacial score (nSPS) is 14.8. The van der Waals surface area contributed by atoms with Gasteiger partial charge in [-0.3, -0.25) is 9.59 Å². The van der Waals surface area contributed by atoms with Gasteiger partial charge in [0.05, 0.1) is 14.2 Å². The molecule has 0 unspecified atom stereocenters. The van der Waals surface area contributed by atoms with Crippen LogP contribution in [0.4, 0.5) is 0 Å². The number of aryl methyl sites for hydroxylation is 1. The Balaban J connectivity index is 1.72. The fourth-order valence-corrected chi connectivity index (χ4v) is 4.63. The minimum absolute atomic E-state index is 0.0824. The monoisotopic (exact) mass is 486 g/mol. The van der Waals surface area contributed by atoms with Gasteiger partial charge < -0.3 is 19.7 Å². The maximum absolute atomic E-state index is 13.4. The third-order valence-corrected chi connectivity index (χ3v) is 6.67. The smallest absolute Gasteiger partial charge is 0.242 e. The van der Waals surface area contributed by atoms with Crippen molar-refractivity contribution < 1.29 is 19.1 Å². The topological polar surface area (TPSA) is 67.9 Å². The SMILES string of the molecule is COc1ccc(CCC(=O)N(Cc2cccc(Cl)c2)[C@H](C)C(=O)NC2CCCCC2)cc1OC. The van der Waals surface area contributed by atoms with E-state index in [1.165, 1.54) is 6.42 Å². The zero-order valence-electron chi connectivity index (χ0n) is 20.3. The zero-order chi connectivity index (χ0) is 24.5.